The molecule has 2 unspecified atom stereocenters. The zero-order chi connectivity index (χ0) is 12.7. The topological polar surface area (TPSA) is 12.0 Å². The smallest absolute Gasteiger partial charge is 0.00966 e. The minimum atomic E-state index is 0.274. The molecule has 1 heteroatoms. The fourth-order valence-electron chi connectivity index (χ4n) is 4.02. The summed E-state index contributed by atoms with van der Waals surface area (Å²) in [4.78, 5) is 0. The van der Waals surface area contributed by atoms with Crippen LogP contribution < -0.4 is 5.32 Å². The molecule has 0 bridgehead atoms. The Labute approximate surface area is 108 Å². The van der Waals surface area contributed by atoms with E-state index in [-0.39, 0.29) is 5.54 Å². The third-order valence-corrected chi connectivity index (χ3v) is 5.15. The first-order valence-electron chi connectivity index (χ1n) is 7.57. The van der Waals surface area contributed by atoms with Gasteiger partial charge in [-0.2, -0.15) is 0 Å². The molecule has 2 rings (SSSR count). The molecule has 0 aromatic heterocycles. The van der Waals surface area contributed by atoms with Gasteiger partial charge < -0.3 is 5.32 Å². The van der Waals surface area contributed by atoms with E-state index in [2.05, 4.69) is 39.9 Å². The molecule has 1 N–H and O–H groups in total. The second kappa shape index (κ2) is 4.57. The van der Waals surface area contributed by atoms with Crippen molar-refractivity contribution in [3.05, 3.63) is 0 Å². The number of hydrogen-bond donors (Lipinski definition) is 1. The van der Waals surface area contributed by atoms with Crippen molar-refractivity contribution in [3.8, 4) is 0 Å². The second-order valence-corrected chi connectivity index (χ2v) is 7.98. The molecule has 17 heavy (non-hydrogen) atoms. The molecule has 0 aromatic rings. The monoisotopic (exact) mass is 237 g/mol. The van der Waals surface area contributed by atoms with Crippen molar-refractivity contribution >= 4 is 0 Å². The van der Waals surface area contributed by atoms with E-state index in [1.54, 1.807) is 0 Å². The van der Waals surface area contributed by atoms with E-state index in [9.17, 15) is 0 Å². The van der Waals surface area contributed by atoms with Gasteiger partial charge in [-0.15, -0.1) is 0 Å². The lowest BCUT2D eigenvalue weighted by molar-refractivity contribution is 0.286. The van der Waals surface area contributed by atoms with Crippen LogP contribution in [0.1, 0.15) is 66.7 Å². The maximum atomic E-state index is 3.71. The van der Waals surface area contributed by atoms with Crippen molar-refractivity contribution in [2.75, 3.05) is 6.54 Å². The summed E-state index contributed by atoms with van der Waals surface area (Å²) in [6.07, 6.45) is 7.45. The van der Waals surface area contributed by atoms with Crippen LogP contribution in [0.2, 0.25) is 0 Å². The predicted octanol–water partition coefficient (Wildman–Crippen LogP) is 4.23. The summed E-state index contributed by atoms with van der Waals surface area (Å²) in [6.45, 7) is 13.0. The summed E-state index contributed by atoms with van der Waals surface area (Å²) in [5, 5.41) is 3.71. The predicted molar refractivity (Wildman–Crippen MR) is 75.1 cm³/mol. The lowest BCUT2D eigenvalue weighted by Crippen LogP contribution is -2.37. The maximum absolute atomic E-state index is 3.71. The van der Waals surface area contributed by atoms with Crippen LogP contribution in [0.3, 0.4) is 0 Å². The maximum Gasteiger partial charge on any atom is 0.00966 e. The zero-order valence-corrected chi connectivity index (χ0v) is 12.5. The Kier molecular flexibility index (Phi) is 3.60. The number of hydrogen-bond acceptors (Lipinski definition) is 1. The Morgan fingerprint density at radius 3 is 2.18 bits per heavy atom. The molecule has 2 aliphatic rings. The van der Waals surface area contributed by atoms with E-state index in [4.69, 9.17) is 0 Å². The largest absolute Gasteiger partial charge is 0.312 e. The van der Waals surface area contributed by atoms with E-state index in [1.807, 2.05) is 0 Å². The van der Waals surface area contributed by atoms with Crippen LogP contribution in [0.25, 0.3) is 0 Å². The summed E-state index contributed by atoms with van der Waals surface area (Å²) < 4.78 is 0. The molecule has 2 atom stereocenters. The zero-order valence-electron chi connectivity index (χ0n) is 12.5. The fraction of sp³-hybridized carbons (Fsp3) is 1.00. The highest BCUT2D eigenvalue weighted by Gasteiger charge is 2.59. The van der Waals surface area contributed by atoms with Gasteiger partial charge in [-0.25, -0.2) is 0 Å². The lowest BCUT2D eigenvalue weighted by atomic mass is 9.83. The van der Waals surface area contributed by atoms with Crippen molar-refractivity contribution in [2.24, 2.45) is 23.2 Å². The van der Waals surface area contributed by atoms with Crippen LogP contribution in [0.4, 0.5) is 0 Å². The van der Waals surface area contributed by atoms with E-state index in [0.717, 1.165) is 17.8 Å². The minimum Gasteiger partial charge on any atom is -0.312 e. The van der Waals surface area contributed by atoms with Crippen molar-refractivity contribution in [1.82, 2.24) is 5.32 Å². The molecule has 1 nitrogen and oxygen atoms in total. The third-order valence-electron chi connectivity index (χ3n) is 5.15. The van der Waals surface area contributed by atoms with Gasteiger partial charge in [-0.05, 0) is 50.5 Å². The molecule has 2 fully saturated rings. The molecular formula is C16H31N. The Bertz CT molecular complexity index is 255. The molecule has 100 valence electrons. The molecular weight excluding hydrogens is 206 g/mol. The highest BCUT2D eigenvalue weighted by atomic mass is 15.0. The van der Waals surface area contributed by atoms with Gasteiger partial charge in [0.1, 0.15) is 0 Å². The van der Waals surface area contributed by atoms with Crippen molar-refractivity contribution in [2.45, 2.75) is 72.3 Å². The molecule has 2 saturated carbocycles. The normalized spacial score (nSPS) is 33.7. The Balaban J connectivity index is 1.87. The molecule has 0 aromatic carbocycles. The highest BCUT2D eigenvalue weighted by molar-refractivity contribution is 5.08. The van der Waals surface area contributed by atoms with Crippen molar-refractivity contribution in [1.29, 1.82) is 0 Å². The highest BCUT2D eigenvalue weighted by Crippen LogP contribution is 2.63. The minimum absolute atomic E-state index is 0.274. The van der Waals surface area contributed by atoms with E-state index in [0.29, 0.717) is 5.41 Å². The molecule has 0 heterocycles. The van der Waals surface area contributed by atoms with Gasteiger partial charge in [0.15, 0.2) is 0 Å². The van der Waals surface area contributed by atoms with Gasteiger partial charge in [0.05, 0.1) is 0 Å². The summed E-state index contributed by atoms with van der Waals surface area (Å²) >= 11 is 0. The molecule has 0 aliphatic heterocycles. The van der Waals surface area contributed by atoms with Crippen LogP contribution in [-0.2, 0) is 0 Å². The number of rotatable bonds is 3. The van der Waals surface area contributed by atoms with Crippen LogP contribution in [0.5, 0.6) is 0 Å². The Morgan fingerprint density at radius 2 is 1.65 bits per heavy atom. The van der Waals surface area contributed by atoms with Gasteiger partial charge in [0.25, 0.3) is 0 Å². The molecule has 0 spiro atoms. The SMILES string of the molecule is CC(C)(C)NCC1C(C2CCCCC2)C1(C)C. The number of nitrogens with one attached hydrogen (secondary N) is 1. The standard InChI is InChI=1S/C16H31N/c1-15(2,3)17-11-13-14(16(13,4)5)12-9-7-6-8-10-12/h12-14,17H,6-11H2,1-5H3. The summed E-state index contributed by atoms with van der Waals surface area (Å²) in [7, 11) is 0. The third kappa shape index (κ3) is 3.05. The first-order chi connectivity index (χ1) is 7.82. The van der Waals surface area contributed by atoms with Crippen LogP contribution in [0.15, 0.2) is 0 Å². The van der Waals surface area contributed by atoms with Gasteiger partial charge in [0, 0.05) is 5.54 Å². The summed E-state index contributed by atoms with van der Waals surface area (Å²) in [5.74, 6) is 2.95. The lowest BCUT2D eigenvalue weighted by Gasteiger charge is -2.23. The summed E-state index contributed by atoms with van der Waals surface area (Å²) in [6, 6.07) is 0. The average molecular weight is 237 g/mol. The first kappa shape index (κ1) is 13.4. The van der Waals surface area contributed by atoms with E-state index in [1.165, 1.54) is 38.6 Å². The summed E-state index contributed by atoms with van der Waals surface area (Å²) in [5.41, 5.74) is 0.871. The van der Waals surface area contributed by atoms with Gasteiger partial charge in [-0.1, -0.05) is 46.0 Å². The van der Waals surface area contributed by atoms with Crippen molar-refractivity contribution in [3.63, 3.8) is 0 Å². The van der Waals surface area contributed by atoms with Gasteiger partial charge in [0.2, 0.25) is 0 Å². The van der Waals surface area contributed by atoms with Crippen LogP contribution in [-0.4, -0.2) is 12.1 Å². The Morgan fingerprint density at radius 1 is 1.06 bits per heavy atom. The first-order valence-corrected chi connectivity index (χ1v) is 7.57. The van der Waals surface area contributed by atoms with E-state index < -0.39 is 0 Å². The molecule has 0 saturated heterocycles. The van der Waals surface area contributed by atoms with Crippen molar-refractivity contribution < 1.29 is 0 Å². The quantitative estimate of drug-likeness (QED) is 0.774. The Hall–Kier alpha value is -0.0400. The molecule has 0 radical (unpaired) electrons. The fourth-order valence-corrected chi connectivity index (χ4v) is 4.02. The van der Waals surface area contributed by atoms with Crippen LogP contribution in [0, 0.1) is 23.2 Å². The molecule has 2 aliphatic carbocycles. The van der Waals surface area contributed by atoms with Gasteiger partial charge in [-0.3, -0.25) is 0 Å². The van der Waals surface area contributed by atoms with Gasteiger partial charge >= 0.3 is 0 Å². The van der Waals surface area contributed by atoms with Crippen LogP contribution >= 0.6 is 0 Å². The average Bonchev–Trinajstić information content (AvgIpc) is 2.78. The molecule has 0 amide bonds. The second-order valence-electron chi connectivity index (χ2n) is 7.98. The van der Waals surface area contributed by atoms with E-state index >= 15 is 0 Å².